The molecule has 0 radical (unpaired) electrons. The van der Waals surface area contributed by atoms with Crippen molar-refractivity contribution in [3.05, 3.63) is 57.8 Å². The lowest BCUT2D eigenvalue weighted by Crippen LogP contribution is -2.29. The first-order valence-electron chi connectivity index (χ1n) is 8.29. The molecule has 130 valence electrons. The summed E-state index contributed by atoms with van der Waals surface area (Å²) in [5, 5.41) is 13.9. The number of amides is 1. The topological polar surface area (TPSA) is 88.4 Å². The highest BCUT2D eigenvalue weighted by Crippen LogP contribution is 2.28. The molecule has 0 aliphatic carbocycles. The number of nitrogens with one attached hydrogen (secondary N) is 1. The molecule has 7 heteroatoms. The van der Waals surface area contributed by atoms with Gasteiger partial charge in [-0.25, -0.2) is 4.98 Å². The molecule has 1 amide bonds. The van der Waals surface area contributed by atoms with E-state index in [4.69, 9.17) is 0 Å². The quantitative estimate of drug-likeness (QED) is 0.496. The Labute approximate surface area is 145 Å². The zero-order valence-corrected chi connectivity index (χ0v) is 14.1. The van der Waals surface area contributed by atoms with Crippen LogP contribution in [0.2, 0.25) is 0 Å². The highest BCUT2D eigenvalue weighted by Gasteiger charge is 2.23. The third-order valence-electron chi connectivity index (χ3n) is 4.34. The van der Waals surface area contributed by atoms with Crippen LogP contribution in [0.3, 0.4) is 0 Å². The fraction of sp³-hybridized carbons (Fsp3) is 0.333. The number of nitrogens with zero attached hydrogens (tertiary/aromatic N) is 3. The number of hydrogen-bond donors (Lipinski definition) is 1. The third-order valence-corrected chi connectivity index (χ3v) is 4.34. The predicted molar refractivity (Wildman–Crippen MR) is 95.9 cm³/mol. The standard InChI is InChI=1S/C18H20N4O3/c1-13-11-17(20-12-16(13)22(24)25)19-9-4-7-18(23)21-10-8-14-5-2-3-6-15(14)21/h2-3,5-6,11-12H,4,7-10H2,1H3,(H,19,20). The van der Waals surface area contributed by atoms with E-state index in [0.717, 1.165) is 18.7 Å². The van der Waals surface area contributed by atoms with Crippen molar-refractivity contribution in [2.24, 2.45) is 0 Å². The molecule has 1 aromatic carbocycles. The fourth-order valence-electron chi connectivity index (χ4n) is 3.02. The molecule has 0 saturated carbocycles. The fourth-order valence-corrected chi connectivity index (χ4v) is 3.02. The van der Waals surface area contributed by atoms with Crippen molar-refractivity contribution in [2.75, 3.05) is 23.3 Å². The van der Waals surface area contributed by atoms with E-state index in [-0.39, 0.29) is 11.6 Å². The first kappa shape index (κ1) is 16.9. The van der Waals surface area contributed by atoms with E-state index < -0.39 is 4.92 Å². The van der Waals surface area contributed by atoms with Crippen LogP contribution >= 0.6 is 0 Å². The summed E-state index contributed by atoms with van der Waals surface area (Å²) in [7, 11) is 0. The Balaban J connectivity index is 1.48. The van der Waals surface area contributed by atoms with Gasteiger partial charge in [0.1, 0.15) is 12.0 Å². The second-order valence-electron chi connectivity index (χ2n) is 6.07. The second kappa shape index (κ2) is 7.29. The molecule has 0 unspecified atom stereocenters. The van der Waals surface area contributed by atoms with Crippen molar-refractivity contribution in [2.45, 2.75) is 26.2 Å². The first-order valence-corrected chi connectivity index (χ1v) is 8.29. The summed E-state index contributed by atoms with van der Waals surface area (Å²) in [5.74, 6) is 0.710. The monoisotopic (exact) mass is 340 g/mol. The number of nitro groups is 1. The molecule has 0 atom stereocenters. The highest BCUT2D eigenvalue weighted by atomic mass is 16.6. The summed E-state index contributed by atoms with van der Waals surface area (Å²) in [4.78, 5) is 28.6. The largest absolute Gasteiger partial charge is 0.370 e. The lowest BCUT2D eigenvalue weighted by Gasteiger charge is -2.17. The number of fused-ring (bicyclic) bond motifs is 1. The summed E-state index contributed by atoms with van der Waals surface area (Å²) < 4.78 is 0. The zero-order valence-electron chi connectivity index (χ0n) is 14.1. The Hall–Kier alpha value is -2.96. The van der Waals surface area contributed by atoms with E-state index >= 15 is 0 Å². The van der Waals surface area contributed by atoms with E-state index in [9.17, 15) is 14.9 Å². The predicted octanol–water partition coefficient (Wildman–Crippen LogP) is 3.08. The molecule has 25 heavy (non-hydrogen) atoms. The van der Waals surface area contributed by atoms with Crippen molar-refractivity contribution in [1.29, 1.82) is 0 Å². The number of benzene rings is 1. The molecular weight excluding hydrogens is 320 g/mol. The summed E-state index contributed by atoms with van der Waals surface area (Å²) in [6, 6.07) is 9.65. The van der Waals surface area contributed by atoms with Gasteiger partial charge < -0.3 is 10.2 Å². The van der Waals surface area contributed by atoms with Gasteiger partial charge in [0.2, 0.25) is 5.91 Å². The number of aromatic nitrogens is 1. The van der Waals surface area contributed by atoms with Gasteiger partial charge in [0.15, 0.2) is 0 Å². The van der Waals surface area contributed by atoms with Gasteiger partial charge in [-0.2, -0.15) is 0 Å². The normalized spacial score (nSPS) is 12.8. The van der Waals surface area contributed by atoms with Crippen LogP contribution < -0.4 is 10.2 Å². The smallest absolute Gasteiger partial charge is 0.290 e. The van der Waals surface area contributed by atoms with Crippen LogP contribution in [0.25, 0.3) is 0 Å². The minimum atomic E-state index is -0.446. The Morgan fingerprint density at radius 3 is 2.96 bits per heavy atom. The van der Waals surface area contributed by atoms with Crippen LogP contribution in [-0.2, 0) is 11.2 Å². The van der Waals surface area contributed by atoms with Gasteiger partial charge in [0, 0.05) is 30.8 Å². The van der Waals surface area contributed by atoms with Gasteiger partial charge in [-0.3, -0.25) is 14.9 Å². The summed E-state index contributed by atoms with van der Waals surface area (Å²) in [6.07, 6.45) is 3.29. The van der Waals surface area contributed by atoms with Gasteiger partial charge in [0.25, 0.3) is 5.69 Å². The highest BCUT2D eigenvalue weighted by molar-refractivity contribution is 5.95. The van der Waals surface area contributed by atoms with Crippen molar-refractivity contribution >= 4 is 23.1 Å². The molecule has 0 spiro atoms. The van der Waals surface area contributed by atoms with Crippen LogP contribution in [0, 0.1) is 17.0 Å². The number of para-hydroxylation sites is 1. The molecule has 3 rings (SSSR count). The van der Waals surface area contributed by atoms with Gasteiger partial charge in [-0.05, 0) is 37.5 Å². The number of pyridine rings is 1. The second-order valence-corrected chi connectivity index (χ2v) is 6.07. The zero-order chi connectivity index (χ0) is 17.8. The molecule has 0 bridgehead atoms. The number of anilines is 2. The van der Waals surface area contributed by atoms with Crippen molar-refractivity contribution in [3.8, 4) is 0 Å². The molecule has 1 N–H and O–H groups in total. The minimum absolute atomic E-state index is 0.00780. The van der Waals surface area contributed by atoms with Crippen molar-refractivity contribution in [3.63, 3.8) is 0 Å². The van der Waals surface area contributed by atoms with E-state index in [1.807, 2.05) is 23.1 Å². The summed E-state index contributed by atoms with van der Waals surface area (Å²) in [5.41, 5.74) is 2.81. The van der Waals surface area contributed by atoms with Crippen molar-refractivity contribution in [1.82, 2.24) is 4.98 Å². The number of rotatable bonds is 6. The van der Waals surface area contributed by atoms with Gasteiger partial charge >= 0.3 is 0 Å². The molecule has 2 aromatic rings. The maximum absolute atomic E-state index is 12.4. The minimum Gasteiger partial charge on any atom is -0.370 e. The van der Waals surface area contributed by atoms with Gasteiger partial charge in [-0.1, -0.05) is 18.2 Å². The van der Waals surface area contributed by atoms with E-state index in [2.05, 4.69) is 16.4 Å². The van der Waals surface area contributed by atoms with Crippen LogP contribution in [0.5, 0.6) is 0 Å². The average molecular weight is 340 g/mol. The lowest BCUT2D eigenvalue weighted by atomic mass is 10.2. The van der Waals surface area contributed by atoms with Crippen LogP contribution in [-0.4, -0.2) is 28.9 Å². The number of hydrogen-bond acceptors (Lipinski definition) is 5. The van der Waals surface area contributed by atoms with Crippen LogP contribution in [0.1, 0.15) is 24.0 Å². The van der Waals surface area contributed by atoms with E-state index in [0.29, 0.717) is 30.8 Å². The van der Waals surface area contributed by atoms with E-state index in [1.165, 1.54) is 11.8 Å². The third kappa shape index (κ3) is 3.76. The Kier molecular flexibility index (Phi) is 4.92. The Morgan fingerprint density at radius 2 is 2.20 bits per heavy atom. The van der Waals surface area contributed by atoms with Gasteiger partial charge in [-0.15, -0.1) is 0 Å². The molecule has 7 nitrogen and oxygen atoms in total. The first-order chi connectivity index (χ1) is 12.1. The summed E-state index contributed by atoms with van der Waals surface area (Å²) >= 11 is 0. The maximum Gasteiger partial charge on any atom is 0.290 e. The molecule has 1 aliphatic heterocycles. The summed E-state index contributed by atoms with van der Waals surface area (Å²) in [6.45, 7) is 3.01. The number of aryl methyl sites for hydroxylation is 1. The molecule has 0 saturated heterocycles. The average Bonchev–Trinajstić information content (AvgIpc) is 3.02. The Bertz CT molecular complexity index is 807. The SMILES string of the molecule is Cc1cc(NCCCC(=O)N2CCc3ccccc32)ncc1[N+](=O)[O-]. The van der Waals surface area contributed by atoms with Crippen molar-refractivity contribution < 1.29 is 9.72 Å². The number of carbonyl (C=O) groups is 1. The Morgan fingerprint density at radius 1 is 1.40 bits per heavy atom. The van der Waals surface area contributed by atoms with Gasteiger partial charge in [0.05, 0.1) is 4.92 Å². The molecule has 1 aromatic heterocycles. The van der Waals surface area contributed by atoms with Crippen LogP contribution in [0.4, 0.5) is 17.2 Å². The molecule has 1 aliphatic rings. The molecule has 0 fully saturated rings. The maximum atomic E-state index is 12.4. The van der Waals surface area contributed by atoms with E-state index in [1.54, 1.807) is 13.0 Å². The molecular formula is C18H20N4O3. The van der Waals surface area contributed by atoms with Crippen LogP contribution in [0.15, 0.2) is 36.5 Å². The lowest BCUT2D eigenvalue weighted by molar-refractivity contribution is -0.385. The molecule has 2 heterocycles. The number of carbonyl (C=O) groups excluding carboxylic acids is 1.